The topological polar surface area (TPSA) is 21.8 Å². The SMILES string of the molecule is COc1cccc(CCC2(C(C)(C)C)CO2)c1. The lowest BCUT2D eigenvalue weighted by Crippen LogP contribution is -2.30. The molecule has 0 N–H and O–H groups in total. The summed E-state index contributed by atoms with van der Waals surface area (Å²) < 4.78 is 10.9. The predicted molar refractivity (Wildman–Crippen MR) is 69.5 cm³/mol. The molecule has 0 aliphatic carbocycles. The quantitative estimate of drug-likeness (QED) is 0.744. The van der Waals surface area contributed by atoms with Crippen molar-refractivity contribution in [1.82, 2.24) is 0 Å². The van der Waals surface area contributed by atoms with Gasteiger partial charge in [0.1, 0.15) is 5.75 Å². The molecule has 2 nitrogen and oxygen atoms in total. The molecule has 0 radical (unpaired) electrons. The fourth-order valence-electron chi connectivity index (χ4n) is 2.21. The van der Waals surface area contributed by atoms with Crippen molar-refractivity contribution in [3.05, 3.63) is 29.8 Å². The Hall–Kier alpha value is -1.02. The van der Waals surface area contributed by atoms with Gasteiger partial charge in [0, 0.05) is 0 Å². The Kier molecular flexibility index (Phi) is 3.17. The molecular weight excluding hydrogens is 212 g/mol. The zero-order valence-corrected chi connectivity index (χ0v) is 11.2. The van der Waals surface area contributed by atoms with Crippen LogP contribution in [-0.2, 0) is 11.2 Å². The normalized spacial score (nSPS) is 23.5. The van der Waals surface area contributed by atoms with Gasteiger partial charge in [-0.25, -0.2) is 0 Å². The van der Waals surface area contributed by atoms with Gasteiger partial charge >= 0.3 is 0 Å². The molecule has 0 bridgehead atoms. The first-order valence-electron chi connectivity index (χ1n) is 6.24. The van der Waals surface area contributed by atoms with E-state index in [0.29, 0.717) is 0 Å². The maximum absolute atomic E-state index is 5.71. The minimum Gasteiger partial charge on any atom is -0.497 e. The third-order valence-corrected chi connectivity index (χ3v) is 3.81. The average Bonchev–Trinajstić information content (AvgIpc) is 3.07. The molecule has 0 amide bonds. The summed E-state index contributed by atoms with van der Waals surface area (Å²) >= 11 is 0. The van der Waals surface area contributed by atoms with Crippen molar-refractivity contribution in [3.63, 3.8) is 0 Å². The van der Waals surface area contributed by atoms with Gasteiger partial charge in [0.2, 0.25) is 0 Å². The molecule has 1 aromatic carbocycles. The van der Waals surface area contributed by atoms with E-state index in [0.717, 1.165) is 25.2 Å². The van der Waals surface area contributed by atoms with Crippen LogP contribution in [0.15, 0.2) is 24.3 Å². The number of rotatable bonds is 4. The molecule has 2 heteroatoms. The minimum atomic E-state index is 0.0933. The monoisotopic (exact) mass is 234 g/mol. The minimum absolute atomic E-state index is 0.0933. The van der Waals surface area contributed by atoms with Crippen LogP contribution in [0.2, 0.25) is 0 Å². The van der Waals surface area contributed by atoms with Crippen LogP contribution in [-0.4, -0.2) is 19.3 Å². The predicted octanol–water partition coefficient (Wildman–Crippen LogP) is 3.44. The Balaban J connectivity index is 1.98. The summed E-state index contributed by atoms with van der Waals surface area (Å²) in [6.45, 7) is 7.67. The molecule has 94 valence electrons. The summed E-state index contributed by atoms with van der Waals surface area (Å²) in [4.78, 5) is 0. The molecular formula is C15H22O2. The van der Waals surface area contributed by atoms with Crippen molar-refractivity contribution in [1.29, 1.82) is 0 Å². The zero-order chi connectivity index (χ0) is 12.5. The van der Waals surface area contributed by atoms with Crippen LogP contribution in [0.3, 0.4) is 0 Å². The van der Waals surface area contributed by atoms with Gasteiger partial charge in [0.25, 0.3) is 0 Å². The molecule has 0 aromatic heterocycles. The van der Waals surface area contributed by atoms with Gasteiger partial charge < -0.3 is 9.47 Å². The second kappa shape index (κ2) is 4.34. The molecule has 1 heterocycles. The highest BCUT2D eigenvalue weighted by atomic mass is 16.6. The van der Waals surface area contributed by atoms with Crippen LogP contribution in [0.5, 0.6) is 5.75 Å². The summed E-state index contributed by atoms with van der Waals surface area (Å²) in [6.07, 6.45) is 2.14. The third-order valence-electron chi connectivity index (χ3n) is 3.81. The molecule has 1 fully saturated rings. The summed E-state index contributed by atoms with van der Waals surface area (Å²) in [5, 5.41) is 0. The Morgan fingerprint density at radius 1 is 1.35 bits per heavy atom. The van der Waals surface area contributed by atoms with E-state index in [1.54, 1.807) is 7.11 Å². The summed E-state index contributed by atoms with van der Waals surface area (Å²) in [6, 6.07) is 8.29. The van der Waals surface area contributed by atoms with E-state index in [4.69, 9.17) is 9.47 Å². The van der Waals surface area contributed by atoms with Crippen molar-refractivity contribution in [2.75, 3.05) is 13.7 Å². The molecule has 2 rings (SSSR count). The largest absolute Gasteiger partial charge is 0.497 e. The summed E-state index contributed by atoms with van der Waals surface area (Å²) in [5.74, 6) is 0.934. The van der Waals surface area contributed by atoms with Gasteiger partial charge in [0.15, 0.2) is 0 Å². The second-order valence-electron chi connectivity index (χ2n) is 5.88. The van der Waals surface area contributed by atoms with Crippen LogP contribution in [0.1, 0.15) is 32.8 Å². The number of ether oxygens (including phenoxy) is 2. The molecule has 1 unspecified atom stereocenters. The maximum Gasteiger partial charge on any atom is 0.119 e. The summed E-state index contributed by atoms with van der Waals surface area (Å²) in [7, 11) is 1.71. The average molecular weight is 234 g/mol. The van der Waals surface area contributed by atoms with E-state index >= 15 is 0 Å². The maximum atomic E-state index is 5.71. The van der Waals surface area contributed by atoms with Gasteiger partial charge in [-0.1, -0.05) is 32.9 Å². The fraction of sp³-hybridized carbons (Fsp3) is 0.600. The van der Waals surface area contributed by atoms with Crippen molar-refractivity contribution in [2.45, 2.75) is 39.2 Å². The van der Waals surface area contributed by atoms with Gasteiger partial charge in [-0.3, -0.25) is 0 Å². The van der Waals surface area contributed by atoms with Crippen LogP contribution in [0.25, 0.3) is 0 Å². The van der Waals surface area contributed by atoms with Crippen molar-refractivity contribution < 1.29 is 9.47 Å². The first kappa shape index (κ1) is 12.4. The van der Waals surface area contributed by atoms with E-state index in [9.17, 15) is 0 Å². The molecule has 1 aliphatic rings. The van der Waals surface area contributed by atoms with Crippen LogP contribution >= 0.6 is 0 Å². The van der Waals surface area contributed by atoms with Crippen LogP contribution in [0, 0.1) is 5.41 Å². The highest BCUT2D eigenvalue weighted by Crippen LogP contribution is 2.47. The molecule has 1 aromatic rings. The first-order valence-corrected chi connectivity index (χ1v) is 6.24. The van der Waals surface area contributed by atoms with E-state index in [2.05, 4.69) is 32.9 Å². The number of hydrogen-bond acceptors (Lipinski definition) is 2. The molecule has 0 saturated carbocycles. The first-order chi connectivity index (χ1) is 7.97. The number of aryl methyl sites for hydroxylation is 1. The Bertz CT molecular complexity index is 386. The standard InChI is InChI=1S/C15H22O2/c1-14(2,3)15(11-17-15)9-8-12-6-5-7-13(10-12)16-4/h5-7,10H,8-9,11H2,1-4H3. The van der Waals surface area contributed by atoms with Crippen molar-refractivity contribution in [3.8, 4) is 5.75 Å². The van der Waals surface area contributed by atoms with Crippen LogP contribution < -0.4 is 4.74 Å². The highest BCUT2D eigenvalue weighted by molar-refractivity contribution is 5.28. The molecule has 1 atom stereocenters. The van der Waals surface area contributed by atoms with E-state index in [1.807, 2.05) is 12.1 Å². The molecule has 17 heavy (non-hydrogen) atoms. The second-order valence-corrected chi connectivity index (χ2v) is 5.88. The molecule has 1 aliphatic heterocycles. The van der Waals surface area contributed by atoms with E-state index in [1.165, 1.54) is 5.56 Å². The zero-order valence-electron chi connectivity index (χ0n) is 11.2. The Morgan fingerprint density at radius 3 is 2.59 bits per heavy atom. The van der Waals surface area contributed by atoms with E-state index in [-0.39, 0.29) is 11.0 Å². The van der Waals surface area contributed by atoms with Crippen molar-refractivity contribution in [2.24, 2.45) is 5.41 Å². The number of benzene rings is 1. The molecule has 0 spiro atoms. The van der Waals surface area contributed by atoms with Gasteiger partial charge in [0.05, 0.1) is 19.3 Å². The van der Waals surface area contributed by atoms with Crippen molar-refractivity contribution >= 4 is 0 Å². The molecule has 1 saturated heterocycles. The third kappa shape index (κ3) is 2.63. The van der Waals surface area contributed by atoms with E-state index < -0.39 is 0 Å². The van der Waals surface area contributed by atoms with Gasteiger partial charge in [-0.15, -0.1) is 0 Å². The smallest absolute Gasteiger partial charge is 0.119 e. The Morgan fingerprint density at radius 2 is 2.06 bits per heavy atom. The number of hydrogen-bond donors (Lipinski definition) is 0. The Labute approximate surface area is 104 Å². The highest BCUT2D eigenvalue weighted by Gasteiger charge is 2.53. The van der Waals surface area contributed by atoms with Gasteiger partial charge in [-0.2, -0.15) is 0 Å². The number of epoxide rings is 1. The lowest BCUT2D eigenvalue weighted by molar-refractivity contribution is 0.145. The lowest BCUT2D eigenvalue weighted by atomic mass is 9.77. The fourth-order valence-corrected chi connectivity index (χ4v) is 2.21. The van der Waals surface area contributed by atoms with Crippen LogP contribution in [0.4, 0.5) is 0 Å². The van der Waals surface area contributed by atoms with Gasteiger partial charge in [-0.05, 0) is 36.0 Å². The number of methoxy groups -OCH3 is 1. The lowest BCUT2D eigenvalue weighted by Gasteiger charge is -2.27. The summed E-state index contributed by atoms with van der Waals surface area (Å²) in [5.41, 5.74) is 1.64.